The second-order valence-electron chi connectivity index (χ2n) is 5.39. The van der Waals surface area contributed by atoms with Crippen LogP contribution in [0.15, 0.2) is 53.2 Å². The van der Waals surface area contributed by atoms with Gasteiger partial charge in [0.1, 0.15) is 5.82 Å². The largest absolute Gasteiger partial charge is 0.383 e. The van der Waals surface area contributed by atoms with Crippen molar-refractivity contribution >= 4 is 34.8 Å². The Bertz CT molecular complexity index is 851. The Kier molecular flexibility index (Phi) is 6.54. The number of halogens is 1. The number of pyridine rings is 1. The van der Waals surface area contributed by atoms with E-state index in [0.29, 0.717) is 17.8 Å². The smallest absolute Gasteiger partial charge is 0.221 e. The molecule has 0 bridgehead atoms. The van der Waals surface area contributed by atoms with Crippen molar-refractivity contribution in [2.75, 3.05) is 17.6 Å². The molecule has 1 aromatic heterocycles. The molecule has 0 radical (unpaired) electrons. The van der Waals surface area contributed by atoms with Crippen LogP contribution >= 0.6 is 11.6 Å². The van der Waals surface area contributed by atoms with Gasteiger partial charge in [-0.3, -0.25) is 9.80 Å². The molecule has 7 N–H and O–H groups in total. The van der Waals surface area contributed by atoms with Gasteiger partial charge in [0.15, 0.2) is 5.84 Å². The topological polar surface area (TPSA) is 136 Å². The first kappa shape index (κ1) is 19.2. The fraction of sp³-hybridized carbons (Fsp3) is 0.118. The van der Waals surface area contributed by atoms with Gasteiger partial charge in [0, 0.05) is 29.9 Å². The van der Waals surface area contributed by atoms with Gasteiger partial charge in [-0.15, -0.1) is 0 Å². The van der Waals surface area contributed by atoms with E-state index in [4.69, 9.17) is 29.0 Å². The lowest BCUT2D eigenvalue weighted by atomic mass is 10.0. The van der Waals surface area contributed by atoms with Crippen LogP contribution in [0, 0.1) is 0 Å². The molecular weight excluding hydrogens is 354 g/mol. The Morgan fingerprint density at radius 2 is 2.15 bits per heavy atom. The van der Waals surface area contributed by atoms with Crippen molar-refractivity contribution in [3.63, 3.8) is 0 Å². The number of benzene rings is 1. The predicted molar refractivity (Wildman–Crippen MR) is 105 cm³/mol. The lowest BCUT2D eigenvalue weighted by molar-refractivity contribution is -0.114. The third-order valence-electron chi connectivity index (χ3n) is 3.46. The summed E-state index contributed by atoms with van der Waals surface area (Å²) >= 11 is 5.53. The van der Waals surface area contributed by atoms with Crippen LogP contribution < -0.4 is 22.7 Å². The van der Waals surface area contributed by atoms with Crippen molar-refractivity contribution in [3.8, 4) is 11.1 Å². The number of hydrazine groups is 1. The lowest BCUT2D eigenvalue weighted by Crippen LogP contribution is -2.39. The summed E-state index contributed by atoms with van der Waals surface area (Å²) < 4.78 is 0. The molecular formula is C17H20ClN7O. The first-order chi connectivity index (χ1) is 12.5. The maximum absolute atomic E-state index is 11.2. The van der Waals surface area contributed by atoms with Crippen LogP contribution in [0.2, 0.25) is 0 Å². The van der Waals surface area contributed by atoms with Crippen LogP contribution in [0.4, 0.5) is 11.5 Å². The minimum atomic E-state index is -0.151. The number of nitrogens with two attached hydrogens (primary N) is 3. The molecule has 0 unspecified atom stereocenters. The van der Waals surface area contributed by atoms with E-state index in [-0.39, 0.29) is 17.6 Å². The fourth-order valence-corrected chi connectivity index (χ4v) is 2.41. The molecule has 26 heavy (non-hydrogen) atoms. The van der Waals surface area contributed by atoms with Gasteiger partial charge in [-0.25, -0.2) is 10.8 Å². The molecule has 1 heterocycles. The molecule has 0 fully saturated rings. The maximum atomic E-state index is 11.2. The van der Waals surface area contributed by atoms with Crippen molar-refractivity contribution in [3.05, 3.63) is 53.7 Å². The van der Waals surface area contributed by atoms with E-state index in [2.05, 4.69) is 15.4 Å². The van der Waals surface area contributed by atoms with Crippen LogP contribution in [-0.2, 0) is 4.79 Å². The molecule has 2 rings (SSSR count). The number of hydrogen-bond acceptors (Lipinski definition) is 6. The van der Waals surface area contributed by atoms with Crippen molar-refractivity contribution in [2.45, 2.75) is 6.92 Å². The number of carbonyl (C=O) groups is 1. The SMILES string of the molecule is CC(=O)Nc1cccc(-c2cnc(N)c(/C(=N/N)N(N)C/C=C/Cl)c2)c1. The number of hydrazone groups is 1. The summed E-state index contributed by atoms with van der Waals surface area (Å²) in [6, 6.07) is 9.12. The number of amidine groups is 1. The van der Waals surface area contributed by atoms with E-state index < -0.39 is 0 Å². The van der Waals surface area contributed by atoms with E-state index in [1.165, 1.54) is 17.5 Å². The number of nitrogens with zero attached hydrogens (tertiary/aromatic N) is 3. The number of nitrogens with one attached hydrogen (secondary N) is 1. The fourth-order valence-electron chi connectivity index (χ4n) is 2.33. The molecule has 0 aliphatic heterocycles. The number of anilines is 2. The zero-order valence-corrected chi connectivity index (χ0v) is 14.9. The van der Waals surface area contributed by atoms with Crippen LogP contribution in [0.5, 0.6) is 0 Å². The zero-order chi connectivity index (χ0) is 19.1. The van der Waals surface area contributed by atoms with Crippen molar-refractivity contribution in [1.82, 2.24) is 9.99 Å². The average molecular weight is 374 g/mol. The van der Waals surface area contributed by atoms with Crippen LogP contribution in [0.3, 0.4) is 0 Å². The van der Waals surface area contributed by atoms with Gasteiger partial charge < -0.3 is 16.9 Å². The summed E-state index contributed by atoms with van der Waals surface area (Å²) in [4.78, 5) is 15.5. The quantitative estimate of drug-likeness (QED) is 0.273. The monoisotopic (exact) mass is 373 g/mol. The third-order valence-corrected chi connectivity index (χ3v) is 3.64. The summed E-state index contributed by atoms with van der Waals surface area (Å²) in [5.74, 6) is 11.8. The van der Waals surface area contributed by atoms with E-state index >= 15 is 0 Å². The summed E-state index contributed by atoms with van der Waals surface area (Å²) in [6.45, 7) is 1.74. The number of rotatable bonds is 5. The molecule has 0 spiro atoms. The highest BCUT2D eigenvalue weighted by Crippen LogP contribution is 2.25. The summed E-state index contributed by atoms with van der Waals surface area (Å²) in [5.41, 5.74) is 10.1. The molecule has 0 saturated heterocycles. The van der Waals surface area contributed by atoms with Gasteiger partial charge in [-0.1, -0.05) is 29.8 Å². The molecule has 2 aromatic rings. The van der Waals surface area contributed by atoms with Gasteiger partial charge in [0.25, 0.3) is 0 Å². The van der Waals surface area contributed by atoms with Gasteiger partial charge in [-0.2, -0.15) is 5.10 Å². The molecule has 0 saturated carbocycles. The molecule has 1 aromatic carbocycles. The third kappa shape index (κ3) is 4.71. The highest BCUT2D eigenvalue weighted by Gasteiger charge is 2.15. The number of amides is 1. The zero-order valence-electron chi connectivity index (χ0n) is 14.2. The molecule has 9 heteroatoms. The molecule has 0 aliphatic carbocycles. The summed E-state index contributed by atoms with van der Waals surface area (Å²) in [7, 11) is 0. The van der Waals surface area contributed by atoms with E-state index in [1.807, 2.05) is 18.2 Å². The number of hydrogen-bond donors (Lipinski definition) is 4. The van der Waals surface area contributed by atoms with Crippen molar-refractivity contribution < 1.29 is 4.79 Å². The van der Waals surface area contributed by atoms with Gasteiger partial charge in [-0.05, 0) is 23.8 Å². The van der Waals surface area contributed by atoms with Gasteiger partial charge in [0.2, 0.25) is 5.91 Å². The van der Waals surface area contributed by atoms with Crippen molar-refractivity contribution in [2.24, 2.45) is 16.8 Å². The standard InChI is InChI=1S/C17H20ClN7O/c1-11(26)23-14-5-2-4-12(8-14)13-9-15(16(19)22-10-13)17(24-20)25(21)7-3-6-18/h2-6,8-10H,7,20-21H2,1H3,(H2,19,22)(H,23,26)/b6-3+,24-17-. The van der Waals surface area contributed by atoms with Crippen molar-refractivity contribution in [1.29, 1.82) is 0 Å². The molecule has 0 aliphatic rings. The minimum absolute atomic E-state index is 0.151. The minimum Gasteiger partial charge on any atom is -0.383 e. The summed E-state index contributed by atoms with van der Waals surface area (Å²) in [5, 5.41) is 7.78. The van der Waals surface area contributed by atoms with E-state index in [1.54, 1.807) is 24.4 Å². The molecule has 0 atom stereocenters. The Balaban J connectivity index is 2.42. The van der Waals surface area contributed by atoms with Crippen LogP contribution in [0.1, 0.15) is 12.5 Å². The highest BCUT2D eigenvalue weighted by molar-refractivity contribution is 6.25. The molecule has 136 valence electrons. The number of aromatic nitrogens is 1. The van der Waals surface area contributed by atoms with Gasteiger partial charge >= 0.3 is 0 Å². The second-order valence-corrected chi connectivity index (χ2v) is 5.64. The second kappa shape index (κ2) is 8.84. The molecule has 1 amide bonds. The Morgan fingerprint density at radius 1 is 1.38 bits per heavy atom. The highest BCUT2D eigenvalue weighted by atomic mass is 35.5. The lowest BCUT2D eigenvalue weighted by Gasteiger charge is -2.19. The Morgan fingerprint density at radius 3 is 2.81 bits per heavy atom. The van der Waals surface area contributed by atoms with E-state index in [0.717, 1.165) is 11.1 Å². The van der Waals surface area contributed by atoms with E-state index in [9.17, 15) is 4.79 Å². The van der Waals surface area contributed by atoms with Gasteiger partial charge in [0.05, 0.1) is 12.1 Å². The first-order valence-corrected chi connectivity index (χ1v) is 8.09. The van der Waals surface area contributed by atoms with Crippen LogP contribution in [0.25, 0.3) is 11.1 Å². The number of nitrogen functional groups attached to an aromatic ring is 1. The number of carbonyl (C=O) groups excluding carboxylic acids is 1. The maximum Gasteiger partial charge on any atom is 0.221 e. The predicted octanol–water partition coefficient (Wildman–Crippen LogP) is 1.84. The first-order valence-electron chi connectivity index (χ1n) is 7.65. The molecule has 8 nitrogen and oxygen atoms in total. The van der Waals surface area contributed by atoms with Crippen LogP contribution in [-0.4, -0.2) is 28.3 Å². The Labute approximate surface area is 156 Å². The summed E-state index contributed by atoms with van der Waals surface area (Å²) in [6.07, 6.45) is 3.26. The normalized spacial score (nSPS) is 11.6. The average Bonchev–Trinajstić information content (AvgIpc) is 2.61. The Hall–Kier alpha value is -3.10.